The van der Waals surface area contributed by atoms with E-state index in [0.29, 0.717) is 36.3 Å². The summed E-state index contributed by atoms with van der Waals surface area (Å²) in [6.45, 7) is 4.98. The molecule has 1 aliphatic rings. The quantitative estimate of drug-likeness (QED) is 0.496. The smallest absolute Gasteiger partial charge is 0.322 e. The number of aromatic nitrogens is 2. The number of nitrogens with zero attached hydrogens (tertiary/aromatic N) is 3. The topological polar surface area (TPSA) is 80.5 Å². The van der Waals surface area contributed by atoms with Crippen LogP contribution in [-0.2, 0) is 4.74 Å². The number of ether oxygens (including phenoxy) is 1. The van der Waals surface area contributed by atoms with Crippen molar-refractivity contribution in [3.05, 3.63) is 76.3 Å². The Kier molecular flexibility index (Phi) is 6.58. The first-order valence-corrected chi connectivity index (χ1v) is 10.8. The van der Waals surface area contributed by atoms with E-state index < -0.39 is 6.04 Å². The molecule has 2 aromatic carbocycles. The van der Waals surface area contributed by atoms with Crippen molar-refractivity contribution in [2.75, 3.05) is 20.3 Å². The zero-order chi connectivity index (χ0) is 22.7. The highest BCUT2D eigenvalue weighted by Gasteiger charge is 2.35. The molecule has 8 heteroatoms. The summed E-state index contributed by atoms with van der Waals surface area (Å²) < 4.78 is 10.9. The lowest BCUT2D eigenvalue weighted by molar-refractivity contribution is 0.174. The molecule has 1 N–H and O–H groups in total. The van der Waals surface area contributed by atoms with Gasteiger partial charge in [0.25, 0.3) is 5.89 Å². The SMILES string of the molecule is COCCCN1C(=O)NC(c2cccc(Cl)c2)C(c2nc(-c3cccc(C)c3)no2)=C1C. The maximum Gasteiger partial charge on any atom is 0.322 e. The van der Waals surface area contributed by atoms with Crippen LogP contribution in [-0.4, -0.2) is 41.3 Å². The average molecular weight is 453 g/mol. The highest BCUT2D eigenvalue weighted by atomic mass is 35.5. The van der Waals surface area contributed by atoms with Crippen LogP contribution in [0.25, 0.3) is 17.0 Å². The Balaban J connectivity index is 1.78. The van der Waals surface area contributed by atoms with Gasteiger partial charge in [-0.05, 0) is 44.0 Å². The Morgan fingerprint density at radius 1 is 1.19 bits per heavy atom. The van der Waals surface area contributed by atoms with Crippen molar-refractivity contribution in [2.45, 2.75) is 26.3 Å². The Morgan fingerprint density at radius 3 is 2.75 bits per heavy atom. The van der Waals surface area contributed by atoms with Gasteiger partial charge in [0.15, 0.2) is 0 Å². The number of methoxy groups -OCH3 is 1. The van der Waals surface area contributed by atoms with E-state index in [-0.39, 0.29) is 6.03 Å². The highest BCUT2D eigenvalue weighted by molar-refractivity contribution is 6.30. The standard InChI is InChI=1S/C24H25ClN4O3/c1-15-7-4-9-18(13-15)22-27-23(32-28-22)20-16(2)29(11-6-12-31-3)24(30)26-21(20)17-8-5-10-19(25)14-17/h4-5,7-10,13-14,21H,6,11-12H2,1-3H3,(H,26,30). The van der Waals surface area contributed by atoms with Gasteiger partial charge < -0.3 is 14.6 Å². The fourth-order valence-corrected chi connectivity index (χ4v) is 4.06. The number of carbonyl (C=O) groups excluding carboxylic acids is 1. The molecule has 1 atom stereocenters. The minimum absolute atomic E-state index is 0.189. The van der Waals surface area contributed by atoms with E-state index in [1.54, 1.807) is 18.1 Å². The van der Waals surface area contributed by atoms with Crippen LogP contribution >= 0.6 is 11.6 Å². The third-order valence-electron chi connectivity index (χ3n) is 5.44. The number of urea groups is 1. The van der Waals surface area contributed by atoms with Crippen LogP contribution in [0.3, 0.4) is 0 Å². The summed E-state index contributed by atoms with van der Waals surface area (Å²) in [5.41, 5.74) is 4.32. The predicted molar refractivity (Wildman–Crippen MR) is 123 cm³/mol. The van der Waals surface area contributed by atoms with E-state index in [1.807, 2.05) is 56.3 Å². The van der Waals surface area contributed by atoms with Gasteiger partial charge in [-0.2, -0.15) is 4.98 Å². The number of aryl methyl sites for hydroxylation is 1. The van der Waals surface area contributed by atoms with Gasteiger partial charge in [0.2, 0.25) is 5.82 Å². The first-order chi connectivity index (χ1) is 15.5. The largest absolute Gasteiger partial charge is 0.385 e. The van der Waals surface area contributed by atoms with E-state index >= 15 is 0 Å². The molecule has 32 heavy (non-hydrogen) atoms. The van der Waals surface area contributed by atoms with Crippen LogP contribution in [0.1, 0.15) is 36.4 Å². The normalized spacial score (nSPS) is 16.4. The molecule has 7 nitrogen and oxygen atoms in total. The summed E-state index contributed by atoms with van der Waals surface area (Å²) in [6.07, 6.45) is 0.703. The molecule has 1 unspecified atom stereocenters. The summed E-state index contributed by atoms with van der Waals surface area (Å²) in [5.74, 6) is 0.859. The third kappa shape index (κ3) is 4.54. The molecule has 0 fully saturated rings. The number of hydrogen-bond donors (Lipinski definition) is 1. The number of amides is 2. The van der Waals surface area contributed by atoms with Gasteiger partial charge in [-0.1, -0.05) is 52.7 Å². The summed E-state index contributed by atoms with van der Waals surface area (Å²) in [7, 11) is 1.64. The fourth-order valence-electron chi connectivity index (χ4n) is 3.87. The monoisotopic (exact) mass is 452 g/mol. The van der Waals surface area contributed by atoms with E-state index in [0.717, 1.165) is 28.0 Å². The molecule has 0 bridgehead atoms. The molecule has 0 aliphatic carbocycles. The van der Waals surface area contributed by atoms with Crippen molar-refractivity contribution in [1.82, 2.24) is 20.4 Å². The lowest BCUT2D eigenvalue weighted by atomic mass is 9.94. The highest BCUT2D eigenvalue weighted by Crippen LogP contribution is 2.38. The van der Waals surface area contributed by atoms with Crippen molar-refractivity contribution in [2.24, 2.45) is 0 Å². The number of halogens is 1. The van der Waals surface area contributed by atoms with Gasteiger partial charge in [-0.3, -0.25) is 4.90 Å². The second kappa shape index (κ2) is 9.54. The molecular weight excluding hydrogens is 428 g/mol. The fraction of sp³-hybridized carbons (Fsp3) is 0.292. The third-order valence-corrected chi connectivity index (χ3v) is 5.68. The van der Waals surface area contributed by atoms with Gasteiger partial charge >= 0.3 is 6.03 Å². The Labute approximate surface area is 192 Å². The molecule has 0 saturated heterocycles. The number of allylic oxidation sites excluding steroid dienone is 1. The maximum atomic E-state index is 12.9. The summed E-state index contributed by atoms with van der Waals surface area (Å²) in [5, 5.41) is 7.87. The molecule has 2 amide bonds. The molecule has 1 aliphatic heterocycles. The van der Waals surface area contributed by atoms with Crippen LogP contribution in [0.4, 0.5) is 4.79 Å². The lowest BCUT2D eigenvalue weighted by Crippen LogP contribution is -2.46. The number of benzene rings is 2. The summed E-state index contributed by atoms with van der Waals surface area (Å²) in [4.78, 5) is 19.3. The second-order valence-electron chi connectivity index (χ2n) is 7.73. The van der Waals surface area contributed by atoms with Crippen molar-refractivity contribution >= 4 is 23.2 Å². The molecule has 4 rings (SSSR count). The van der Waals surface area contributed by atoms with E-state index in [2.05, 4.69) is 15.5 Å². The second-order valence-corrected chi connectivity index (χ2v) is 8.16. The zero-order valence-electron chi connectivity index (χ0n) is 18.3. The number of rotatable bonds is 7. The molecule has 0 spiro atoms. The average Bonchev–Trinajstić information content (AvgIpc) is 3.25. The van der Waals surface area contributed by atoms with Crippen LogP contribution in [0.2, 0.25) is 5.02 Å². The molecule has 0 saturated carbocycles. The van der Waals surface area contributed by atoms with Gasteiger partial charge in [0.05, 0.1) is 11.6 Å². The minimum atomic E-state index is -0.467. The maximum absolute atomic E-state index is 12.9. The van der Waals surface area contributed by atoms with Crippen LogP contribution in [0.15, 0.2) is 58.8 Å². The molecule has 3 aromatic rings. The summed E-state index contributed by atoms with van der Waals surface area (Å²) in [6, 6.07) is 14.7. The van der Waals surface area contributed by atoms with Crippen molar-refractivity contribution < 1.29 is 14.1 Å². The number of carbonyl (C=O) groups is 1. The van der Waals surface area contributed by atoms with Gasteiger partial charge in [-0.25, -0.2) is 4.79 Å². The predicted octanol–water partition coefficient (Wildman–Crippen LogP) is 5.23. The van der Waals surface area contributed by atoms with Gasteiger partial charge in [-0.15, -0.1) is 0 Å². The van der Waals surface area contributed by atoms with E-state index in [4.69, 9.17) is 20.9 Å². The van der Waals surface area contributed by atoms with Crippen LogP contribution in [0, 0.1) is 6.92 Å². The molecule has 166 valence electrons. The van der Waals surface area contributed by atoms with Crippen molar-refractivity contribution in [3.63, 3.8) is 0 Å². The van der Waals surface area contributed by atoms with Crippen molar-refractivity contribution in [3.8, 4) is 11.4 Å². The molecule has 0 radical (unpaired) electrons. The Hall–Kier alpha value is -3.16. The zero-order valence-corrected chi connectivity index (χ0v) is 19.0. The van der Waals surface area contributed by atoms with E-state index in [9.17, 15) is 4.79 Å². The summed E-state index contributed by atoms with van der Waals surface area (Å²) >= 11 is 6.24. The van der Waals surface area contributed by atoms with Crippen molar-refractivity contribution in [1.29, 1.82) is 0 Å². The Morgan fingerprint density at radius 2 is 2.00 bits per heavy atom. The number of hydrogen-bond acceptors (Lipinski definition) is 5. The van der Waals surface area contributed by atoms with Crippen LogP contribution in [0.5, 0.6) is 0 Å². The van der Waals surface area contributed by atoms with E-state index in [1.165, 1.54) is 0 Å². The minimum Gasteiger partial charge on any atom is -0.385 e. The van der Waals surface area contributed by atoms with Gasteiger partial charge in [0.1, 0.15) is 0 Å². The van der Waals surface area contributed by atoms with Gasteiger partial charge in [0, 0.05) is 36.5 Å². The lowest BCUT2D eigenvalue weighted by Gasteiger charge is -2.35. The molecular formula is C24H25ClN4O3. The number of nitrogens with one attached hydrogen (secondary N) is 1. The first kappa shape index (κ1) is 22.0. The molecule has 2 heterocycles. The molecule has 1 aromatic heterocycles. The first-order valence-electron chi connectivity index (χ1n) is 10.4. The van der Waals surface area contributed by atoms with Crippen LogP contribution < -0.4 is 5.32 Å². The Bertz CT molecular complexity index is 1160.